The molecule has 0 atom stereocenters. The number of piperidine rings is 1. The standard InChI is InChI=1S/C21H23N3O5/c1-28-16-9-10-17(18(13-16)29-2)23-21(27)20(26)22-14-6-5-7-15(12-14)24-11-4-3-8-19(24)25/h5-7,9-10,12-13H,3-4,8,11H2,1-2H3,(H,22,26)(H,23,27). The maximum absolute atomic E-state index is 12.3. The number of amides is 3. The molecule has 2 aromatic rings. The first kappa shape index (κ1) is 20.2. The first-order valence-corrected chi connectivity index (χ1v) is 9.26. The van der Waals surface area contributed by atoms with E-state index in [1.54, 1.807) is 47.4 Å². The fraction of sp³-hybridized carbons (Fsp3) is 0.286. The van der Waals surface area contributed by atoms with Crippen molar-refractivity contribution < 1.29 is 23.9 Å². The Morgan fingerprint density at radius 1 is 0.966 bits per heavy atom. The van der Waals surface area contributed by atoms with Gasteiger partial charge in [-0.15, -0.1) is 0 Å². The summed E-state index contributed by atoms with van der Waals surface area (Å²) in [5.41, 5.74) is 1.48. The van der Waals surface area contributed by atoms with Crippen LogP contribution in [0.15, 0.2) is 42.5 Å². The smallest absolute Gasteiger partial charge is 0.314 e. The Bertz CT molecular complexity index is 928. The molecule has 0 saturated carbocycles. The lowest BCUT2D eigenvalue weighted by Crippen LogP contribution is -2.35. The Morgan fingerprint density at radius 3 is 2.48 bits per heavy atom. The van der Waals surface area contributed by atoms with E-state index in [9.17, 15) is 14.4 Å². The van der Waals surface area contributed by atoms with Gasteiger partial charge in [-0.2, -0.15) is 0 Å². The van der Waals surface area contributed by atoms with Gasteiger partial charge in [-0.25, -0.2) is 0 Å². The second-order valence-electron chi connectivity index (χ2n) is 6.53. The molecule has 1 aliphatic rings. The van der Waals surface area contributed by atoms with Gasteiger partial charge in [0.2, 0.25) is 5.91 Å². The lowest BCUT2D eigenvalue weighted by molar-refractivity contribution is -0.133. The van der Waals surface area contributed by atoms with Gasteiger partial charge in [-0.1, -0.05) is 6.07 Å². The molecule has 152 valence electrons. The van der Waals surface area contributed by atoms with Gasteiger partial charge < -0.3 is 25.0 Å². The maximum Gasteiger partial charge on any atom is 0.314 e. The van der Waals surface area contributed by atoms with E-state index in [0.29, 0.717) is 41.5 Å². The van der Waals surface area contributed by atoms with Crippen LogP contribution in [0.5, 0.6) is 11.5 Å². The fourth-order valence-corrected chi connectivity index (χ4v) is 3.10. The highest BCUT2D eigenvalue weighted by molar-refractivity contribution is 6.43. The van der Waals surface area contributed by atoms with Crippen LogP contribution in [0.1, 0.15) is 19.3 Å². The molecule has 0 aromatic heterocycles. The third-order valence-corrected chi connectivity index (χ3v) is 4.60. The van der Waals surface area contributed by atoms with Crippen LogP contribution >= 0.6 is 0 Å². The van der Waals surface area contributed by atoms with Crippen LogP contribution in [0.2, 0.25) is 0 Å². The van der Waals surface area contributed by atoms with E-state index in [1.807, 2.05) is 0 Å². The molecule has 3 rings (SSSR count). The summed E-state index contributed by atoms with van der Waals surface area (Å²) >= 11 is 0. The van der Waals surface area contributed by atoms with E-state index in [2.05, 4.69) is 10.6 Å². The van der Waals surface area contributed by atoms with E-state index in [4.69, 9.17) is 9.47 Å². The number of methoxy groups -OCH3 is 2. The summed E-state index contributed by atoms with van der Waals surface area (Å²) in [5, 5.41) is 5.08. The van der Waals surface area contributed by atoms with Gasteiger partial charge >= 0.3 is 11.8 Å². The van der Waals surface area contributed by atoms with Crippen molar-refractivity contribution in [3.05, 3.63) is 42.5 Å². The molecule has 1 aliphatic heterocycles. The highest BCUT2D eigenvalue weighted by Crippen LogP contribution is 2.29. The number of nitrogens with one attached hydrogen (secondary N) is 2. The van der Waals surface area contributed by atoms with Crippen molar-refractivity contribution in [1.29, 1.82) is 0 Å². The van der Waals surface area contributed by atoms with Gasteiger partial charge in [0.05, 0.1) is 19.9 Å². The zero-order valence-electron chi connectivity index (χ0n) is 16.4. The highest BCUT2D eigenvalue weighted by atomic mass is 16.5. The summed E-state index contributed by atoms with van der Waals surface area (Å²) in [4.78, 5) is 38.4. The predicted octanol–water partition coefficient (Wildman–Crippen LogP) is 2.80. The molecule has 0 radical (unpaired) electrons. The third kappa shape index (κ3) is 4.84. The van der Waals surface area contributed by atoms with Crippen molar-refractivity contribution in [2.24, 2.45) is 0 Å². The van der Waals surface area contributed by atoms with E-state index in [-0.39, 0.29) is 5.91 Å². The average molecular weight is 397 g/mol. The SMILES string of the molecule is COc1ccc(NC(=O)C(=O)Nc2cccc(N3CCCCC3=O)c2)c(OC)c1. The monoisotopic (exact) mass is 397 g/mol. The molecule has 1 saturated heterocycles. The average Bonchev–Trinajstić information content (AvgIpc) is 2.74. The van der Waals surface area contributed by atoms with Crippen molar-refractivity contribution in [3.63, 3.8) is 0 Å². The van der Waals surface area contributed by atoms with Crippen LogP contribution in [0.4, 0.5) is 17.1 Å². The van der Waals surface area contributed by atoms with E-state index < -0.39 is 11.8 Å². The number of ether oxygens (including phenoxy) is 2. The Hall–Kier alpha value is -3.55. The highest BCUT2D eigenvalue weighted by Gasteiger charge is 2.21. The Kier molecular flexibility index (Phi) is 6.33. The summed E-state index contributed by atoms with van der Waals surface area (Å²) in [5.74, 6) is -0.675. The first-order chi connectivity index (χ1) is 14.0. The first-order valence-electron chi connectivity index (χ1n) is 9.26. The van der Waals surface area contributed by atoms with Crippen molar-refractivity contribution >= 4 is 34.8 Å². The largest absolute Gasteiger partial charge is 0.497 e. The number of hydrogen-bond acceptors (Lipinski definition) is 5. The number of rotatable bonds is 5. The summed E-state index contributed by atoms with van der Waals surface area (Å²) < 4.78 is 10.3. The van der Waals surface area contributed by atoms with E-state index in [1.165, 1.54) is 14.2 Å². The summed E-state index contributed by atoms with van der Waals surface area (Å²) in [7, 11) is 2.98. The van der Waals surface area contributed by atoms with Crippen molar-refractivity contribution in [1.82, 2.24) is 0 Å². The molecule has 2 aromatic carbocycles. The van der Waals surface area contributed by atoms with Gasteiger partial charge in [0.15, 0.2) is 0 Å². The fourth-order valence-electron chi connectivity index (χ4n) is 3.10. The molecule has 2 N–H and O–H groups in total. The Labute approximate surface area is 168 Å². The molecule has 3 amide bonds. The van der Waals surface area contributed by atoms with Crippen LogP contribution in [-0.4, -0.2) is 38.5 Å². The minimum atomic E-state index is -0.840. The second kappa shape index (κ2) is 9.09. The lowest BCUT2D eigenvalue weighted by atomic mass is 10.1. The minimum Gasteiger partial charge on any atom is -0.497 e. The van der Waals surface area contributed by atoms with Crippen LogP contribution in [0.3, 0.4) is 0 Å². The molecule has 0 unspecified atom stereocenters. The summed E-state index contributed by atoms with van der Waals surface area (Å²) in [6, 6.07) is 11.7. The van der Waals surface area contributed by atoms with Crippen LogP contribution in [0.25, 0.3) is 0 Å². The van der Waals surface area contributed by atoms with Gasteiger partial charge in [0.1, 0.15) is 11.5 Å². The van der Waals surface area contributed by atoms with Gasteiger partial charge in [0, 0.05) is 30.4 Å². The minimum absolute atomic E-state index is 0.0593. The summed E-state index contributed by atoms with van der Waals surface area (Å²) in [6.07, 6.45) is 2.35. The predicted molar refractivity (Wildman–Crippen MR) is 109 cm³/mol. The summed E-state index contributed by atoms with van der Waals surface area (Å²) in [6.45, 7) is 0.647. The number of nitrogens with zero attached hydrogens (tertiary/aromatic N) is 1. The molecule has 1 heterocycles. The van der Waals surface area contributed by atoms with Crippen LogP contribution < -0.4 is 25.0 Å². The van der Waals surface area contributed by atoms with Crippen molar-refractivity contribution in [3.8, 4) is 11.5 Å². The van der Waals surface area contributed by atoms with Gasteiger partial charge in [-0.3, -0.25) is 14.4 Å². The quantitative estimate of drug-likeness (QED) is 0.757. The molecular weight excluding hydrogens is 374 g/mol. The number of anilines is 3. The number of carbonyl (C=O) groups excluding carboxylic acids is 3. The number of hydrogen-bond donors (Lipinski definition) is 2. The molecule has 1 fully saturated rings. The van der Waals surface area contributed by atoms with E-state index in [0.717, 1.165) is 12.8 Å². The zero-order chi connectivity index (χ0) is 20.8. The zero-order valence-corrected chi connectivity index (χ0v) is 16.4. The van der Waals surface area contributed by atoms with Gasteiger partial charge in [0.25, 0.3) is 0 Å². The lowest BCUT2D eigenvalue weighted by Gasteiger charge is -2.27. The molecule has 0 spiro atoms. The molecule has 8 heteroatoms. The van der Waals surface area contributed by atoms with Gasteiger partial charge in [-0.05, 0) is 43.2 Å². The maximum atomic E-state index is 12.3. The topological polar surface area (TPSA) is 97.0 Å². The molecule has 0 bridgehead atoms. The van der Waals surface area contributed by atoms with Crippen molar-refractivity contribution in [2.75, 3.05) is 36.3 Å². The van der Waals surface area contributed by atoms with E-state index >= 15 is 0 Å². The third-order valence-electron chi connectivity index (χ3n) is 4.60. The molecule has 29 heavy (non-hydrogen) atoms. The van der Waals surface area contributed by atoms with Crippen LogP contribution in [0, 0.1) is 0 Å². The number of carbonyl (C=O) groups is 3. The normalized spacial score (nSPS) is 13.6. The molecule has 0 aliphatic carbocycles. The second-order valence-corrected chi connectivity index (χ2v) is 6.53. The van der Waals surface area contributed by atoms with Crippen LogP contribution in [-0.2, 0) is 14.4 Å². The Morgan fingerprint density at radius 2 is 1.76 bits per heavy atom. The Balaban J connectivity index is 1.68. The molecule has 8 nitrogen and oxygen atoms in total. The van der Waals surface area contributed by atoms with Crippen molar-refractivity contribution in [2.45, 2.75) is 19.3 Å². The molecular formula is C21H23N3O5. The number of benzene rings is 2.